The third-order valence-corrected chi connectivity index (χ3v) is 3.26. The van der Waals surface area contributed by atoms with Gasteiger partial charge in [-0.3, -0.25) is 0 Å². The highest BCUT2D eigenvalue weighted by molar-refractivity contribution is 5.87. The van der Waals surface area contributed by atoms with Crippen molar-refractivity contribution in [2.45, 2.75) is 6.61 Å². The first-order valence-electron chi connectivity index (χ1n) is 7.23. The average molecular weight is 328 g/mol. The number of nitrogen functional groups attached to an aromatic ring is 2. The normalized spacial score (nSPS) is 10.6. The molecule has 0 amide bonds. The first-order chi connectivity index (χ1) is 11.5. The Labute approximate surface area is 140 Å². The van der Waals surface area contributed by atoms with Crippen molar-refractivity contribution in [1.29, 1.82) is 0 Å². The number of methoxy groups -OCH3 is 2. The van der Waals surface area contributed by atoms with Crippen molar-refractivity contribution in [1.82, 2.24) is 0 Å². The molecule has 0 saturated heterocycles. The van der Waals surface area contributed by atoms with E-state index < -0.39 is 5.97 Å². The van der Waals surface area contributed by atoms with Gasteiger partial charge in [0, 0.05) is 29.1 Å². The van der Waals surface area contributed by atoms with E-state index in [2.05, 4.69) is 0 Å². The van der Waals surface area contributed by atoms with E-state index in [4.69, 9.17) is 25.7 Å². The molecule has 0 aromatic heterocycles. The van der Waals surface area contributed by atoms with Gasteiger partial charge in [0.15, 0.2) is 0 Å². The fraction of sp³-hybridized carbons (Fsp3) is 0.167. The van der Waals surface area contributed by atoms with Crippen LogP contribution in [0.3, 0.4) is 0 Å². The monoisotopic (exact) mass is 328 g/mol. The fourth-order valence-electron chi connectivity index (χ4n) is 2.15. The van der Waals surface area contributed by atoms with E-state index in [1.807, 2.05) is 0 Å². The number of hydrogen-bond donors (Lipinski definition) is 2. The minimum atomic E-state index is -0.478. The van der Waals surface area contributed by atoms with E-state index in [0.29, 0.717) is 22.9 Å². The quantitative estimate of drug-likeness (QED) is 0.481. The van der Waals surface area contributed by atoms with Crippen molar-refractivity contribution in [3.8, 4) is 11.5 Å². The predicted octanol–water partition coefficient (Wildman–Crippen LogP) is 2.62. The second-order valence-electron chi connectivity index (χ2n) is 5.06. The Morgan fingerprint density at radius 1 is 1.04 bits per heavy atom. The Morgan fingerprint density at radius 3 is 2.38 bits per heavy atom. The molecular formula is C18H20N2O4. The maximum atomic E-state index is 11.8. The minimum Gasteiger partial charge on any atom is -0.497 e. The lowest BCUT2D eigenvalue weighted by Gasteiger charge is -2.07. The minimum absolute atomic E-state index is 0.0954. The van der Waals surface area contributed by atoms with Gasteiger partial charge in [-0.05, 0) is 42.0 Å². The van der Waals surface area contributed by atoms with Gasteiger partial charge in [-0.1, -0.05) is 0 Å². The smallest absolute Gasteiger partial charge is 0.331 e. The van der Waals surface area contributed by atoms with Gasteiger partial charge >= 0.3 is 5.97 Å². The number of rotatable bonds is 6. The molecule has 24 heavy (non-hydrogen) atoms. The Bertz CT molecular complexity index is 736. The summed E-state index contributed by atoms with van der Waals surface area (Å²) in [4.78, 5) is 11.8. The molecule has 126 valence electrons. The molecule has 0 unspecified atom stereocenters. The standard InChI is InChI=1S/C18H20N2O4/c1-22-16-5-3-13(17(10-16)23-2)4-6-18(21)24-11-12-7-14(19)9-15(20)8-12/h3-10H,11,19-20H2,1-2H3/b6-4+. The molecule has 0 radical (unpaired) electrons. The molecule has 6 heteroatoms. The lowest BCUT2D eigenvalue weighted by Crippen LogP contribution is -2.02. The van der Waals surface area contributed by atoms with Gasteiger partial charge in [-0.15, -0.1) is 0 Å². The zero-order valence-electron chi connectivity index (χ0n) is 13.6. The van der Waals surface area contributed by atoms with Crippen LogP contribution >= 0.6 is 0 Å². The van der Waals surface area contributed by atoms with Gasteiger partial charge in [-0.2, -0.15) is 0 Å². The maximum absolute atomic E-state index is 11.8. The number of ether oxygens (including phenoxy) is 3. The first-order valence-corrected chi connectivity index (χ1v) is 7.23. The number of anilines is 2. The van der Waals surface area contributed by atoms with Crippen LogP contribution in [0.25, 0.3) is 6.08 Å². The second kappa shape index (κ2) is 7.92. The summed E-state index contributed by atoms with van der Waals surface area (Å²) in [5.41, 5.74) is 13.9. The molecule has 2 rings (SSSR count). The van der Waals surface area contributed by atoms with Crippen molar-refractivity contribution < 1.29 is 19.0 Å². The largest absolute Gasteiger partial charge is 0.497 e. The Kier molecular flexibility index (Phi) is 5.68. The van der Waals surface area contributed by atoms with Crippen molar-refractivity contribution in [3.63, 3.8) is 0 Å². The van der Waals surface area contributed by atoms with Gasteiger partial charge in [-0.25, -0.2) is 4.79 Å². The first kappa shape index (κ1) is 17.2. The topological polar surface area (TPSA) is 96.8 Å². The summed E-state index contributed by atoms with van der Waals surface area (Å²) in [6, 6.07) is 10.4. The molecule has 0 aliphatic carbocycles. The van der Waals surface area contributed by atoms with Crippen LogP contribution < -0.4 is 20.9 Å². The molecule has 0 atom stereocenters. The van der Waals surface area contributed by atoms with E-state index in [1.54, 1.807) is 56.7 Å². The van der Waals surface area contributed by atoms with E-state index in [-0.39, 0.29) is 6.61 Å². The molecule has 0 fully saturated rings. The van der Waals surface area contributed by atoms with E-state index in [0.717, 1.165) is 11.1 Å². The number of nitrogens with two attached hydrogens (primary N) is 2. The zero-order chi connectivity index (χ0) is 17.5. The predicted molar refractivity (Wildman–Crippen MR) is 93.6 cm³/mol. The Hall–Kier alpha value is -3.15. The van der Waals surface area contributed by atoms with Gasteiger partial charge in [0.2, 0.25) is 0 Å². The van der Waals surface area contributed by atoms with Crippen LogP contribution in [0.1, 0.15) is 11.1 Å². The van der Waals surface area contributed by atoms with Crippen LogP contribution in [0, 0.1) is 0 Å². The second-order valence-corrected chi connectivity index (χ2v) is 5.06. The Morgan fingerprint density at radius 2 is 1.75 bits per heavy atom. The van der Waals surface area contributed by atoms with Crippen molar-refractivity contribution >= 4 is 23.4 Å². The van der Waals surface area contributed by atoms with Gasteiger partial charge in [0.25, 0.3) is 0 Å². The van der Waals surface area contributed by atoms with Crippen LogP contribution in [0.4, 0.5) is 11.4 Å². The molecule has 6 nitrogen and oxygen atoms in total. The third kappa shape index (κ3) is 4.67. The highest BCUT2D eigenvalue weighted by Gasteiger charge is 2.04. The summed E-state index contributed by atoms with van der Waals surface area (Å²) in [6.07, 6.45) is 2.95. The van der Waals surface area contributed by atoms with E-state index in [9.17, 15) is 4.79 Å². The number of esters is 1. The highest BCUT2D eigenvalue weighted by Crippen LogP contribution is 2.25. The number of benzene rings is 2. The number of carbonyl (C=O) groups is 1. The number of hydrogen-bond acceptors (Lipinski definition) is 6. The van der Waals surface area contributed by atoms with Crippen molar-refractivity contribution in [3.05, 3.63) is 53.6 Å². The van der Waals surface area contributed by atoms with E-state index >= 15 is 0 Å². The SMILES string of the molecule is COc1ccc(/C=C/C(=O)OCc2cc(N)cc(N)c2)c(OC)c1. The molecule has 0 saturated carbocycles. The fourth-order valence-corrected chi connectivity index (χ4v) is 2.15. The molecule has 0 aliphatic heterocycles. The van der Waals surface area contributed by atoms with Crippen LogP contribution in [0.15, 0.2) is 42.5 Å². The van der Waals surface area contributed by atoms with Gasteiger partial charge in [0.05, 0.1) is 14.2 Å². The summed E-state index contributed by atoms with van der Waals surface area (Å²) in [6.45, 7) is 0.0954. The van der Waals surface area contributed by atoms with Crippen LogP contribution in [-0.2, 0) is 16.1 Å². The summed E-state index contributed by atoms with van der Waals surface area (Å²) in [5.74, 6) is 0.793. The van der Waals surface area contributed by atoms with Crippen LogP contribution in [0.2, 0.25) is 0 Å². The molecule has 2 aromatic carbocycles. The van der Waals surface area contributed by atoms with Crippen molar-refractivity contribution in [2.24, 2.45) is 0 Å². The number of carbonyl (C=O) groups excluding carboxylic acids is 1. The Balaban J connectivity index is 2.00. The summed E-state index contributed by atoms with van der Waals surface area (Å²) >= 11 is 0. The summed E-state index contributed by atoms with van der Waals surface area (Å²) in [7, 11) is 3.12. The molecular weight excluding hydrogens is 308 g/mol. The molecule has 2 aromatic rings. The van der Waals surface area contributed by atoms with Gasteiger partial charge in [0.1, 0.15) is 18.1 Å². The lowest BCUT2D eigenvalue weighted by molar-refractivity contribution is -0.138. The molecule has 0 spiro atoms. The van der Waals surface area contributed by atoms with E-state index in [1.165, 1.54) is 6.08 Å². The van der Waals surface area contributed by atoms with Crippen molar-refractivity contribution in [2.75, 3.05) is 25.7 Å². The van der Waals surface area contributed by atoms with Crippen LogP contribution in [0.5, 0.6) is 11.5 Å². The molecule has 0 bridgehead atoms. The van der Waals surface area contributed by atoms with Crippen LogP contribution in [-0.4, -0.2) is 20.2 Å². The molecule has 0 aliphatic rings. The average Bonchev–Trinajstić information content (AvgIpc) is 2.57. The summed E-state index contributed by atoms with van der Waals surface area (Å²) in [5, 5.41) is 0. The maximum Gasteiger partial charge on any atom is 0.331 e. The zero-order valence-corrected chi connectivity index (χ0v) is 13.6. The summed E-state index contributed by atoms with van der Waals surface area (Å²) < 4.78 is 15.6. The molecule has 0 heterocycles. The lowest BCUT2D eigenvalue weighted by atomic mass is 10.1. The third-order valence-electron chi connectivity index (χ3n) is 3.26. The molecule has 4 N–H and O–H groups in total. The van der Waals surface area contributed by atoms with Gasteiger partial charge < -0.3 is 25.7 Å². The highest BCUT2D eigenvalue weighted by atomic mass is 16.5.